The van der Waals surface area contributed by atoms with Gasteiger partial charge in [0.2, 0.25) is 0 Å². The standard InChI is InChI=1S/C19H18ClNO4/c1-12-2-4-13(5-3-12)6-8-15(19(23)24)21-16-10-14(20)7-9-17(16)25-11-18(21)22/h2-5,7,9-10,15H,6,8,11H2,1H3,(H,23,24). The first-order valence-corrected chi connectivity index (χ1v) is 8.36. The maximum Gasteiger partial charge on any atom is 0.326 e. The molecular formula is C19H18ClNO4. The van der Waals surface area contributed by atoms with Gasteiger partial charge in [0.1, 0.15) is 11.8 Å². The molecule has 0 radical (unpaired) electrons. The number of carbonyl (C=O) groups is 2. The molecule has 2 aromatic rings. The zero-order valence-electron chi connectivity index (χ0n) is 13.7. The molecule has 1 amide bonds. The average molecular weight is 360 g/mol. The van der Waals surface area contributed by atoms with Crippen LogP contribution < -0.4 is 9.64 Å². The van der Waals surface area contributed by atoms with E-state index in [2.05, 4.69) is 0 Å². The molecule has 1 aliphatic heterocycles. The lowest BCUT2D eigenvalue weighted by Crippen LogP contribution is -2.49. The third kappa shape index (κ3) is 3.77. The first kappa shape index (κ1) is 17.3. The lowest BCUT2D eigenvalue weighted by Gasteiger charge is -2.33. The quantitative estimate of drug-likeness (QED) is 0.887. The van der Waals surface area contributed by atoms with Gasteiger partial charge in [-0.05, 0) is 43.5 Å². The van der Waals surface area contributed by atoms with Crippen molar-refractivity contribution in [3.8, 4) is 5.75 Å². The van der Waals surface area contributed by atoms with Crippen LogP contribution in [0, 0.1) is 6.92 Å². The number of ether oxygens (including phenoxy) is 1. The smallest absolute Gasteiger partial charge is 0.326 e. The van der Waals surface area contributed by atoms with E-state index < -0.39 is 12.0 Å². The third-order valence-corrected chi connectivity index (χ3v) is 4.46. The number of aliphatic carboxylic acids is 1. The Balaban J connectivity index is 1.87. The van der Waals surface area contributed by atoms with Gasteiger partial charge in [0.15, 0.2) is 6.61 Å². The molecule has 2 aromatic carbocycles. The fourth-order valence-corrected chi connectivity index (χ4v) is 3.07. The Morgan fingerprint density at radius 1 is 1.28 bits per heavy atom. The number of aryl methyl sites for hydroxylation is 2. The Morgan fingerprint density at radius 3 is 2.68 bits per heavy atom. The van der Waals surface area contributed by atoms with E-state index in [-0.39, 0.29) is 12.5 Å². The summed E-state index contributed by atoms with van der Waals surface area (Å²) in [5.41, 5.74) is 2.58. The molecule has 0 spiro atoms. The summed E-state index contributed by atoms with van der Waals surface area (Å²) in [6.45, 7) is 1.82. The molecule has 6 heteroatoms. The lowest BCUT2D eigenvalue weighted by atomic mass is 10.0. The van der Waals surface area contributed by atoms with Crippen LogP contribution >= 0.6 is 11.6 Å². The number of halogens is 1. The molecule has 3 rings (SSSR count). The van der Waals surface area contributed by atoms with Crippen LogP contribution in [0.25, 0.3) is 0 Å². The number of carboxylic acids is 1. The van der Waals surface area contributed by atoms with E-state index in [9.17, 15) is 14.7 Å². The average Bonchev–Trinajstić information content (AvgIpc) is 2.58. The normalized spacial score (nSPS) is 14.6. The van der Waals surface area contributed by atoms with Crippen molar-refractivity contribution in [3.63, 3.8) is 0 Å². The van der Waals surface area contributed by atoms with Crippen LogP contribution in [0.1, 0.15) is 17.5 Å². The van der Waals surface area contributed by atoms with E-state index in [1.54, 1.807) is 18.2 Å². The van der Waals surface area contributed by atoms with E-state index in [1.807, 2.05) is 31.2 Å². The van der Waals surface area contributed by atoms with E-state index in [0.717, 1.165) is 11.1 Å². The highest BCUT2D eigenvalue weighted by Crippen LogP contribution is 2.36. The van der Waals surface area contributed by atoms with Gasteiger partial charge in [-0.3, -0.25) is 9.69 Å². The molecule has 1 aliphatic rings. The molecular weight excluding hydrogens is 342 g/mol. The van der Waals surface area contributed by atoms with Gasteiger partial charge in [-0.1, -0.05) is 41.4 Å². The summed E-state index contributed by atoms with van der Waals surface area (Å²) in [5.74, 6) is -0.968. The molecule has 0 fully saturated rings. The second-order valence-electron chi connectivity index (χ2n) is 6.04. The monoisotopic (exact) mass is 359 g/mol. The van der Waals surface area contributed by atoms with Gasteiger partial charge in [0.05, 0.1) is 5.69 Å². The number of benzene rings is 2. The number of nitrogens with zero attached hydrogens (tertiary/aromatic N) is 1. The number of hydrogen-bond acceptors (Lipinski definition) is 3. The van der Waals surface area contributed by atoms with Crippen molar-refractivity contribution < 1.29 is 19.4 Å². The predicted molar refractivity (Wildman–Crippen MR) is 95.4 cm³/mol. The number of fused-ring (bicyclic) bond motifs is 1. The minimum Gasteiger partial charge on any atom is -0.482 e. The zero-order chi connectivity index (χ0) is 18.0. The minimum atomic E-state index is -1.05. The maximum atomic E-state index is 12.4. The summed E-state index contributed by atoms with van der Waals surface area (Å²) >= 11 is 6.02. The first-order valence-electron chi connectivity index (χ1n) is 7.98. The molecule has 5 nitrogen and oxygen atoms in total. The predicted octanol–water partition coefficient (Wildman–Crippen LogP) is 3.46. The number of hydrogen-bond donors (Lipinski definition) is 1. The van der Waals surface area contributed by atoms with Crippen LogP contribution in [0.5, 0.6) is 5.75 Å². The second-order valence-corrected chi connectivity index (χ2v) is 6.48. The van der Waals surface area contributed by atoms with Crippen molar-refractivity contribution in [2.45, 2.75) is 25.8 Å². The Morgan fingerprint density at radius 2 is 2.00 bits per heavy atom. The van der Waals surface area contributed by atoms with Gasteiger partial charge in [-0.2, -0.15) is 0 Å². The maximum absolute atomic E-state index is 12.4. The number of carbonyl (C=O) groups excluding carboxylic acids is 1. The van der Waals surface area contributed by atoms with Crippen LogP contribution in [0.4, 0.5) is 5.69 Å². The molecule has 1 unspecified atom stereocenters. The molecule has 1 heterocycles. The SMILES string of the molecule is Cc1ccc(CCC(C(=O)O)N2C(=O)COc3ccc(Cl)cc32)cc1. The minimum absolute atomic E-state index is 0.178. The number of anilines is 1. The first-order chi connectivity index (χ1) is 12.0. The van der Waals surface area contributed by atoms with Crippen molar-refractivity contribution in [3.05, 3.63) is 58.6 Å². The lowest BCUT2D eigenvalue weighted by molar-refractivity contribution is -0.140. The molecule has 0 saturated heterocycles. The highest BCUT2D eigenvalue weighted by Gasteiger charge is 2.35. The summed E-state index contributed by atoms with van der Waals surface area (Å²) in [4.78, 5) is 25.5. The highest BCUT2D eigenvalue weighted by molar-refractivity contribution is 6.31. The Kier molecular flexibility index (Phi) is 4.95. The van der Waals surface area contributed by atoms with Crippen molar-refractivity contribution in [1.29, 1.82) is 0 Å². The number of carboxylic acid groups (broad SMARTS) is 1. The van der Waals surface area contributed by atoms with Crippen molar-refractivity contribution >= 4 is 29.2 Å². The summed E-state index contributed by atoms with van der Waals surface area (Å²) in [7, 11) is 0. The van der Waals surface area contributed by atoms with Crippen molar-refractivity contribution in [1.82, 2.24) is 0 Å². The van der Waals surface area contributed by atoms with E-state index in [4.69, 9.17) is 16.3 Å². The van der Waals surface area contributed by atoms with Crippen molar-refractivity contribution in [2.75, 3.05) is 11.5 Å². The van der Waals surface area contributed by atoms with Crippen LogP contribution in [0.3, 0.4) is 0 Å². The van der Waals surface area contributed by atoms with Gasteiger partial charge < -0.3 is 9.84 Å². The van der Waals surface area contributed by atoms with E-state index in [1.165, 1.54) is 4.90 Å². The van der Waals surface area contributed by atoms with Gasteiger partial charge in [0, 0.05) is 5.02 Å². The highest BCUT2D eigenvalue weighted by atomic mass is 35.5. The van der Waals surface area contributed by atoms with Gasteiger partial charge in [-0.15, -0.1) is 0 Å². The van der Waals surface area contributed by atoms with Crippen molar-refractivity contribution in [2.24, 2.45) is 0 Å². The Hall–Kier alpha value is -2.53. The molecule has 25 heavy (non-hydrogen) atoms. The van der Waals surface area contributed by atoms with Gasteiger partial charge in [-0.25, -0.2) is 4.79 Å². The summed E-state index contributed by atoms with van der Waals surface area (Å²) in [6.07, 6.45) is 0.855. The van der Waals surface area contributed by atoms with Crippen LogP contribution in [-0.4, -0.2) is 29.6 Å². The molecule has 1 atom stereocenters. The van der Waals surface area contributed by atoms with E-state index in [0.29, 0.717) is 29.3 Å². The molecule has 0 saturated carbocycles. The van der Waals surface area contributed by atoms with Gasteiger partial charge in [0.25, 0.3) is 5.91 Å². The Labute approximate surface area is 150 Å². The number of amides is 1. The molecule has 0 bridgehead atoms. The summed E-state index contributed by atoms with van der Waals surface area (Å²) in [5, 5.41) is 10.1. The fourth-order valence-electron chi connectivity index (χ4n) is 2.91. The topological polar surface area (TPSA) is 66.8 Å². The second kappa shape index (κ2) is 7.15. The molecule has 0 aliphatic carbocycles. The van der Waals surface area contributed by atoms with E-state index >= 15 is 0 Å². The molecule has 1 N–H and O–H groups in total. The molecule has 0 aromatic heterocycles. The third-order valence-electron chi connectivity index (χ3n) is 4.22. The van der Waals surface area contributed by atoms with Crippen LogP contribution in [0.15, 0.2) is 42.5 Å². The zero-order valence-corrected chi connectivity index (χ0v) is 14.5. The number of rotatable bonds is 5. The summed E-state index contributed by atoms with van der Waals surface area (Å²) < 4.78 is 5.38. The summed E-state index contributed by atoms with van der Waals surface area (Å²) in [6, 6.07) is 11.8. The largest absolute Gasteiger partial charge is 0.482 e. The van der Waals surface area contributed by atoms with Crippen LogP contribution in [-0.2, 0) is 16.0 Å². The van der Waals surface area contributed by atoms with Crippen LogP contribution in [0.2, 0.25) is 5.02 Å². The van der Waals surface area contributed by atoms with Gasteiger partial charge >= 0.3 is 5.97 Å². The Bertz CT molecular complexity index is 804. The fraction of sp³-hybridized carbons (Fsp3) is 0.263. The molecule has 130 valence electrons.